The maximum absolute atomic E-state index is 13.2. The number of hydrogen-bond donors (Lipinski definition) is 1. The van der Waals surface area contributed by atoms with Crippen molar-refractivity contribution >= 4 is 34.9 Å². The van der Waals surface area contributed by atoms with Gasteiger partial charge in [0.2, 0.25) is 5.88 Å². The first kappa shape index (κ1) is 22.6. The molecule has 0 aliphatic heterocycles. The first-order valence-corrected chi connectivity index (χ1v) is 10.4. The topological polar surface area (TPSA) is 106 Å². The second kappa shape index (κ2) is 9.90. The molecule has 8 nitrogen and oxygen atoms in total. The van der Waals surface area contributed by atoms with Crippen LogP contribution in [0.25, 0.3) is 11.7 Å². The molecule has 2 aromatic carbocycles. The Balaban J connectivity index is 1.78. The minimum atomic E-state index is -0.700. The van der Waals surface area contributed by atoms with Crippen LogP contribution in [-0.2, 0) is 4.79 Å². The summed E-state index contributed by atoms with van der Waals surface area (Å²) in [5, 5.41) is 12.6. The molecule has 4 rings (SSSR count). The van der Waals surface area contributed by atoms with Gasteiger partial charge in [-0.3, -0.25) is 14.0 Å². The fourth-order valence-electron chi connectivity index (χ4n) is 3.08. The summed E-state index contributed by atoms with van der Waals surface area (Å²) in [6, 6.07) is 20.1. The number of hydrogen-bond acceptors (Lipinski definition) is 6. The number of methoxy groups -OCH3 is 1. The molecular formula is C25H17ClN4O4. The molecule has 0 saturated heterocycles. The van der Waals surface area contributed by atoms with Crippen LogP contribution in [0.3, 0.4) is 0 Å². The molecular weight excluding hydrogens is 456 g/mol. The lowest BCUT2D eigenvalue weighted by Crippen LogP contribution is -2.20. The quantitative estimate of drug-likeness (QED) is 0.322. The molecule has 2 heterocycles. The fraction of sp³-hybridized carbons (Fsp3) is 0.0400. The number of nitriles is 1. The number of carbonyl (C=O) groups is 1. The number of nitrogens with zero attached hydrogens (tertiary/aromatic N) is 3. The molecule has 34 heavy (non-hydrogen) atoms. The van der Waals surface area contributed by atoms with Gasteiger partial charge in [-0.25, -0.2) is 0 Å². The van der Waals surface area contributed by atoms with E-state index in [4.69, 9.17) is 21.1 Å². The van der Waals surface area contributed by atoms with Crippen molar-refractivity contribution in [1.29, 1.82) is 5.26 Å². The van der Waals surface area contributed by atoms with Crippen LogP contribution in [0.15, 0.2) is 83.3 Å². The first-order chi connectivity index (χ1) is 16.5. The van der Waals surface area contributed by atoms with Crippen molar-refractivity contribution in [1.82, 2.24) is 9.38 Å². The molecule has 0 radical (unpaired) electrons. The minimum absolute atomic E-state index is 0.0787. The van der Waals surface area contributed by atoms with Gasteiger partial charge in [-0.2, -0.15) is 10.2 Å². The lowest BCUT2D eigenvalue weighted by molar-refractivity contribution is -0.112. The van der Waals surface area contributed by atoms with Gasteiger partial charge >= 0.3 is 0 Å². The molecule has 0 saturated carbocycles. The van der Waals surface area contributed by atoms with E-state index in [1.807, 2.05) is 6.07 Å². The van der Waals surface area contributed by atoms with Crippen LogP contribution < -0.4 is 20.3 Å². The maximum atomic E-state index is 13.2. The summed E-state index contributed by atoms with van der Waals surface area (Å²) in [6.07, 6.45) is 2.69. The highest BCUT2D eigenvalue weighted by Gasteiger charge is 2.18. The van der Waals surface area contributed by atoms with E-state index < -0.39 is 11.5 Å². The molecule has 0 fully saturated rings. The maximum Gasteiger partial charge on any atom is 0.269 e. The van der Waals surface area contributed by atoms with Crippen LogP contribution in [0.2, 0.25) is 5.02 Å². The van der Waals surface area contributed by atoms with Gasteiger partial charge < -0.3 is 14.8 Å². The minimum Gasteiger partial charge on any atom is -0.497 e. The summed E-state index contributed by atoms with van der Waals surface area (Å²) >= 11 is 6.20. The Hall–Kier alpha value is -4.61. The number of para-hydroxylation sites is 1. The van der Waals surface area contributed by atoms with Crippen molar-refractivity contribution < 1.29 is 14.3 Å². The van der Waals surface area contributed by atoms with Crippen LogP contribution in [-0.4, -0.2) is 22.4 Å². The van der Waals surface area contributed by atoms with Crippen LogP contribution in [0.1, 0.15) is 5.56 Å². The van der Waals surface area contributed by atoms with E-state index in [1.165, 1.54) is 17.7 Å². The van der Waals surface area contributed by atoms with Crippen molar-refractivity contribution in [3.8, 4) is 23.4 Å². The molecule has 0 unspecified atom stereocenters. The predicted molar refractivity (Wildman–Crippen MR) is 128 cm³/mol. The van der Waals surface area contributed by atoms with Crippen LogP contribution >= 0.6 is 11.6 Å². The smallest absolute Gasteiger partial charge is 0.269 e. The second-order valence-corrected chi connectivity index (χ2v) is 7.36. The monoisotopic (exact) mass is 472 g/mol. The van der Waals surface area contributed by atoms with Crippen LogP contribution in [0.4, 0.5) is 5.69 Å². The number of fused-ring (bicyclic) bond motifs is 1. The third kappa shape index (κ3) is 4.75. The van der Waals surface area contributed by atoms with E-state index in [1.54, 1.807) is 66.7 Å². The first-order valence-electron chi connectivity index (χ1n) is 10.0. The van der Waals surface area contributed by atoms with Gasteiger partial charge in [0, 0.05) is 11.9 Å². The average Bonchev–Trinajstić information content (AvgIpc) is 2.86. The molecule has 0 aliphatic carbocycles. The molecule has 9 heteroatoms. The van der Waals surface area contributed by atoms with Crippen molar-refractivity contribution in [3.63, 3.8) is 0 Å². The number of aromatic nitrogens is 2. The third-order valence-electron chi connectivity index (χ3n) is 4.78. The van der Waals surface area contributed by atoms with Crippen molar-refractivity contribution in [2.45, 2.75) is 0 Å². The molecule has 168 valence electrons. The van der Waals surface area contributed by atoms with Crippen LogP contribution in [0, 0.1) is 11.3 Å². The number of anilines is 1. The zero-order chi connectivity index (χ0) is 24.1. The number of rotatable bonds is 6. The highest BCUT2D eigenvalue weighted by atomic mass is 35.5. The number of halogens is 1. The van der Waals surface area contributed by atoms with Crippen molar-refractivity contribution in [3.05, 3.63) is 99.4 Å². The van der Waals surface area contributed by atoms with Gasteiger partial charge in [0.05, 0.1) is 12.1 Å². The zero-order valence-corrected chi connectivity index (χ0v) is 18.6. The summed E-state index contributed by atoms with van der Waals surface area (Å²) in [5.74, 6) is 0.0982. The predicted octanol–water partition coefficient (Wildman–Crippen LogP) is 4.69. The number of amides is 1. The number of benzene rings is 2. The number of pyridine rings is 1. The van der Waals surface area contributed by atoms with E-state index in [0.29, 0.717) is 22.1 Å². The Morgan fingerprint density at radius 1 is 1.12 bits per heavy atom. The molecule has 4 aromatic rings. The molecule has 1 amide bonds. The van der Waals surface area contributed by atoms with Gasteiger partial charge in [0.25, 0.3) is 11.5 Å². The van der Waals surface area contributed by atoms with Gasteiger partial charge in [-0.15, -0.1) is 0 Å². The average molecular weight is 473 g/mol. The second-order valence-electron chi connectivity index (χ2n) is 6.95. The highest BCUT2D eigenvalue weighted by Crippen LogP contribution is 2.30. The number of nitrogens with one attached hydrogen (secondary N) is 1. The van der Waals surface area contributed by atoms with E-state index in [-0.39, 0.29) is 22.8 Å². The van der Waals surface area contributed by atoms with E-state index in [9.17, 15) is 14.9 Å². The van der Waals surface area contributed by atoms with E-state index in [2.05, 4.69) is 10.3 Å². The van der Waals surface area contributed by atoms with E-state index in [0.717, 1.165) is 6.08 Å². The highest BCUT2D eigenvalue weighted by molar-refractivity contribution is 6.32. The molecule has 0 atom stereocenters. The summed E-state index contributed by atoms with van der Waals surface area (Å²) in [7, 11) is 1.53. The normalized spacial score (nSPS) is 11.0. The van der Waals surface area contributed by atoms with Gasteiger partial charge in [-0.1, -0.05) is 29.8 Å². The van der Waals surface area contributed by atoms with Gasteiger partial charge in [0.15, 0.2) is 0 Å². The Bertz CT molecular complexity index is 1500. The molecule has 0 bridgehead atoms. The van der Waals surface area contributed by atoms with Crippen molar-refractivity contribution in [2.24, 2.45) is 0 Å². The van der Waals surface area contributed by atoms with E-state index >= 15 is 0 Å². The number of carbonyl (C=O) groups excluding carboxylic acids is 1. The van der Waals surface area contributed by atoms with Gasteiger partial charge in [-0.05, 0) is 54.6 Å². The molecule has 2 aromatic heterocycles. The standard InChI is InChI=1S/C25H17ClN4O4/c1-33-18-11-9-17(10-12-18)28-23(31)16(15-27)14-19-24(34-21-7-3-2-6-20(21)26)29-22-8-4-5-13-30(22)25(19)32/h2-14H,1H3,(H,28,31)/b16-14+. The lowest BCUT2D eigenvalue weighted by atomic mass is 10.1. The molecule has 0 spiro atoms. The summed E-state index contributed by atoms with van der Waals surface area (Å²) in [4.78, 5) is 30.4. The third-order valence-corrected chi connectivity index (χ3v) is 5.09. The Labute approximate surface area is 199 Å². The largest absolute Gasteiger partial charge is 0.497 e. The summed E-state index contributed by atoms with van der Waals surface area (Å²) in [5.41, 5.74) is -0.127. The molecule has 1 N–H and O–H groups in total. The SMILES string of the molecule is COc1ccc(NC(=O)/C(C#N)=C/c2c(Oc3ccccc3Cl)nc3ccccn3c2=O)cc1. The Morgan fingerprint density at radius 2 is 1.85 bits per heavy atom. The number of ether oxygens (including phenoxy) is 2. The van der Waals surface area contributed by atoms with Crippen LogP contribution in [0.5, 0.6) is 17.4 Å². The Morgan fingerprint density at radius 3 is 2.56 bits per heavy atom. The summed E-state index contributed by atoms with van der Waals surface area (Å²) in [6.45, 7) is 0. The Kier molecular flexibility index (Phi) is 6.57. The lowest BCUT2D eigenvalue weighted by Gasteiger charge is -2.11. The van der Waals surface area contributed by atoms with Gasteiger partial charge in [0.1, 0.15) is 34.4 Å². The molecule has 0 aliphatic rings. The van der Waals surface area contributed by atoms with Crippen molar-refractivity contribution in [2.75, 3.05) is 12.4 Å². The fourth-order valence-corrected chi connectivity index (χ4v) is 3.26. The summed E-state index contributed by atoms with van der Waals surface area (Å²) < 4.78 is 12.2. The zero-order valence-electron chi connectivity index (χ0n) is 17.9.